The van der Waals surface area contributed by atoms with E-state index in [-0.39, 0.29) is 5.78 Å². The van der Waals surface area contributed by atoms with E-state index >= 15 is 0 Å². The van der Waals surface area contributed by atoms with E-state index in [4.69, 9.17) is 9.47 Å². The van der Waals surface area contributed by atoms with Crippen LogP contribution in [0.1, 0.15) is 46.6 Å². The summed E-state index contributed by atoms with van der Waals surface area (Å²) in [7, 11) is 1.61. The van der Waals surface area contributed by atoms with Crippen LogP contribution in [0.5, 0.6) is 11.5 Å². The Balaban J connectivity index is 1.80. The van der Waals surface area contributed by atoms with Crippen molar-refractivity contribution in [2.75, 3.05) is 13.7 Å². The topological polar surface area (TPSA) is 35.5 Å². The number of fused-ring (bicyclic) bond motifs is 1. The molecule has 0 spiro atoms. The van der Waals surface area contributed by atoms with Crippen LogP contribution < -0.4 is 9.47 Å². The first kappa shape index (κ1) is 23.1. The van der Waals surface area contributed by atoms with E-state index in [1.807, 2.05) is 43.4 Å². The van der Waals surface area contributed by atoms with Gasteiger partial charge in [-0.15, -0.1) is 11.3 Å². The number of carbonyl (C=O) groups excluding carboxylic acids is 1. The third-order valence-electron chi connectivity index (χ3n) is 6.07. The van der Waals surface area contributed by atoms with Gasteiger partial charge in [-0.1, -0.05) is 30.9 Å². The summed E-state index contributed by atoms with van der Waals surface area (Å²) in [6.07, 6.45) is 10.7. The van der Waals surface area contributed by atoms with Crippen LogP contribution in [0.3, 0.4) is 0 Å². The first-order valence-electron chi connectivity index (χ1n) is 10.8. The van der Waals surface area contributed by atoms with E-state index in [1.165, 1.54) is 10.4 Å². The van der Waals surface area contributed by atoms with Gasteiger partial charge in [0.05, 0.1) is 7.11 Å². The number of methoxy groups -OCH3 is 1. The fraction of sp³-hybridized carbons (Fsp3) is 0.370. The quantitative estimate of drug-likeness (QED) is 0.248. The largest absolute Gasteiger partial charge is 0.493 e. The fourth-order valence-corrected chi connectivity index (χ4v) is 5.23. The first-order valence-corrected chi connectivity index (χ1v) is 11.7. The van der Waals surface area contributed by atoms with E-state index in [0.717, 1.165) is 29.5 Å². The highest BCUT2D eigenvalue weighted by Crippen LogP contribution is 2.38. The van der Waals surface area contributed by atoms with Crippen molar-refractivity contribution in [2.45, 2.75) is 40.0 Å². The fourth-order valence-electron chi connectivity index (χ4n) is 4.24. The molecule has 164 valence electrons. The maximum absolute atomic E-state index is 13.3. The van der Waals surface area contributed by atoms with E-state index in [9.17, 15) is 4.79 Å². The number of ether oxygens (including phenoxy) is 2. The summed E-state index contributed by atoms with van der Waals surface area (Å²) in [6, 6.07) is 5.95. The summed E-state index contributed by atoms with van der Waals surface area (Å²) < 4.78 is 11.5. The Bertz CT molecular complexity index is 996. The molecule has 1 aromatic heterocycles. The molecule has 2 unspecified atom stereocenters. The van der Waals surface area contributed by atoms with E-state index in [0.29, 0.717) is 36.4 Å². The van der Waals surface area contributed by atoms with Crippen molar-refractivity contribution in [2.24, 2.45) is 11.8 Å². The predicted molar refractivity (Wildman–Crippen MR) is 130 cm³/mol. The summed E-state index contributed by atoms with van der Waals surface area (Å²) in [5.74, 6) is 2.12. The molecule has 3 rings (SSSR count). The molecule has 0 saturated heterocycles. The summed E-state index contributed by atoms with van der Waals surface area (Å²) in [5.41, 5.74) is 4.04. The molecule has 1 aromatic carbocycles. The van der Waals surface area contributed by atoms with E-state index in [1.54, 1.807) is 13.2 Å². The van der Waals surface area contributed by atoms with Crippen molar-refractivity contribution in [3.8, 4) is 11.5 Å². The lowest BCUT2D eigenvalue weighted by molar-refractivity contribution is 0.0946. The van der Waals surface area contributed by atoms with Gasteiger partial charge in [-0.05, 0) is 85.7 Å². The molecular weight excluding hydrogens is 404 g/mol. The molecule has 31 heavy (non-hydrogen) atoms. The van der Waals surface area contributed by atoms with Gasteiger partial charge in [0.15, 0.2) is 17.3 Å². The van der Waals surface area contributed by atoms with Crippen molar-refractivity contribution >= 4 is 17.1 Å². The lowest BCUT2D eigenvalue weighted by Crippen LogP contribution is -2.25. The highest BCUT2D eigenvalue weighted by atomic mass is 32.1. The Morgan fingerprint density at radius 3 is 2.74 bits per heavy atom. The van der Waals surface area contributed by atoms with Gasteiger partial charge >= 0.3 is 0 Å². The second-order valence-electron chi connectivity index (χ2n) is 8.03. The Morgan fingerprint density at radius 2 is 2.06 bits per heavy atom. The zero-order valence-corrected chi connectivity index (χ0v) is 19.8. The maximum Gasteiger partial charge on any atom is 0.163 e. The molecule has 1 aliphatic rings. The minimum Gasteiger partial charge on any atom is -0.493 e. The number of thiophene rings is 1. The average molecular weight is 437 g/mol. The van der Waals surface area contributed by atoms with Gasteiger partial charge in [0.1, 0.15) is 6.61 Å². The molecular formula is C27H32O3S. The number of hydrogen-bond acceptors (Lipinski definition) is 4. The highest BCUT2D eigenvalue weighted by molar-refractivity contribution is 7.10. The monoisotopic (exact) mass is 436 g/mol. The van der Waals surface area contributed by atoms with Gasteiger partial charge in [-0.2, -0.15) is 0 Å². The zero-order valence-electron chi connectivity index (χ0n) is 18.9. The van der Waals surface area contributed by atoms with Crippen molar-refractivity contribution in [3.05, 3.63) is 81.6 Å². The molecule has 1 aliphatic carbocycles. The molecule has 1 heterocycles. The molecule has 4 heteroatoms. The minimum atomic E-state index is 0.167. The molecule has 0 bridgehead atoms. The maximum atomic E-state index is 13.3. The van der Waals surface area contributed by atoms with Crippen LogP contribution in [0.2, 0.25) is 0 Å². The van der Waals surface area contributed by atoms with Crippen molar-refractivity contribution in [1.29, 1.82) is 0 Å². The van der Waals surface area contributed by atoms with Crippen LogP contribution in [0.4, 0.5) is 0 Å². The minimum absolute atomic E-state index is 0.167. The Hall–Kier alpha value is -2.59. The first-order chi connectivity index (χ1) is 15.0. The van der Waals surface area contributed by atoms with Gasteiger partial charge in [-0.3, -0.25) is 4.79 Å². The molecule has 0 aliphatic heterocycles. The number of carbonyl (C=O) groups is 1. The lowest BCUT2D eigenvalue weighted by Gasteiger charge is -2.29. The van der Waals surface area contributed by atoms with Gasteiger partial charge in [0.2, 0.25) is 0 Å². The van der Waals surface area contributed by atoms with Gasteiger partial charge in [-0.25, -0.2) is 0 Å². The molecule has 2 aromatic rings. The summed E-state index contributed by atoms with van der Waals surface area (Å²) in [5, 5.41) is 2.17. The summed E-state index contributed by atoms with van der Waals surface area (Å²) in [4.78, 5) is 14.8. The number of allylic oxidation sites excluding steroid dienone is 3. The Morgan fingerprint density at radius 1 is 1.26 bits per heavy atom. The normalized spacial score (nSPS) is 18.6. The number of aryl methyl sites for hydroxylation is 1. The third-order valence-corrected chi connectivity index (χ3v) is 7.06. The molecule has 2 atom stereocenters. The molecule has 3 nitrogen and oxygen atoms in total. The van der Waals surface area contributed by atoms with Crippen LogP contribution in [-0.2, 0) is 12.8 Å². The molecule has 0 amide bonds. The van der Waals surface area contributed by atoms with Gasteiger partial charge in [0.25, 0.3) is 0 Å². The third kappa shape index (κ3) is 5.37. The van der Waals surface area contributed by atoms with Crippen LogP contribution >= 0.6 is 11.3 Å². The number of ketones is 1. The summed E-state index contributed by atoms with van der Waals surface area (Å²) >= 11 is 1.83. The van der Waals surface area contributed by atoms with E-state index in [2.05, 4.69) is 37.1 Å². The van der Waals surface area contributed by atoms with Crippen LogP contribution in [0.15, 0.2) is 60.0 Å². The van der Waals surface area contributed by atoms with Crippen LogP contribution in [0.25, 0.3) is 0 Å². The molecule has 0 fully saturated rings. The molecule has 0 N–H and O–H groups in total. The number of Topliss-reactive ketones (excluding diaryl/α,β-unsaturated/α-hetero) is 1. The van der Waals surface area contributed by atoms with Gasteiger partial charge in [0, 0.05) is 16.9 Å². The second-order valence-corrected chi connectivity index (χ2v) is 9.03. The number of rotatable bonds is 9. The molecule has 0 radical (unpaired) electrons. The van der Waals surface area contributed by atoms with Crippen LogP contribution in [0, 0.1) is 18.8 Å². The number of hydrogen-bond donors (Lipinski definition) is 0. The van der Waals surface area contributed by atoms with Gasteiger partial charge < -0.3 is 9.47 Å². The van der Waals surface area contributed by atoms with Crippen molar-refractivity contribution < 1.29 is 14.3 Å². The smallest absolute Gasteiger partial charge is 0.163 e. The molecule has 0 saturated carbocycles. The second kappa shape index (κ2) is 10.6. The SMILES string of the molecule is C=C/C(=C\C)COc1cc(C)c(C(=O)CC2Cc3ccsc3CC2/C=C/C)cc1OC. The predicted octanol–water partition coefficient (Wildman–Crippen LogP) is 6.76. The van der Waals surface area contributed by atoms with Crippen LogP contribution in [-0.4, -0.2) is 19.5 Å². The Kier molecular flexibility index (Phi) is 7.91. The van der Waals surface area contributed by atoms with E-state index < -0.39 is 0 Å². The summed E-state index contributed by atoms with van der Waals surface area (Å²) in [6.45, 7) is 10.2. The number of benzene rings is 1. The lowest BCUT2D eigenvalue weighted by atomic mass is 9.75. The van der Waals surface area contributed by atoms with Crippen molar-refractivity contribution in [3.63, 3.8) is 0 Å². The highest BCUT2D eigenvalue weighted by Gasteiger charge is 2.30. The van der Waals surface area contributed by atoms with Crippen molar-refractivity contribution in [1.82, 2.24) is 0 Å². The standard InChI is InChI=1S/C27H32O3S/c1-6-9-20-15-27-21(10-11-31-27)13-22(20)14-24(28)23-16-25(29-5)26(12-18(23)4)30-17-19(7-2)8-3/h6-12,16,20,22H,2,13-15,17H2,1,3-5H3/b9-6+,19-8+. The zero-order chi connectivity index (χ0) is 22.4. The Labute approximate surface area is 190 Å². The average Bonchev–Trinajstić information content (AvgIpc) is 3.22.